The first kappa shape index (κ1) is 17.4. The van der Waals surface area contributed by atoms with Gasteiger partial charge < -0.3 is 15.2 Å². The van der Waals surface area contributed by atoms with Crippen molar-refractivity contribution in [3.05, 3.63) is 59.2 Å². The molecule has 1 fully saturated rings. The Balaban J connectivity index is 1.68. The first-order valence-corrected chi connectivity index (χ1v) is 8.16. The van der Waals surface area contributed by atoms with Gasteiger partial charge >= 0.3 is 0 Å². The normalized spacial score (nSPS) is 18.7. The minimum atomic E-state index is -0.512. The average molecular weight is 347 g/mol. The summed E-state index contributed by atoms with van der Waals surface area (Å²) < 4.78 is 32.5. The van der Waals surface area contributed by atoms with Crippen LogP contribution in [0.4, 0.5) is 14.5 Å². The zero-order valence-corrected chi connectivity index (χ0v) is 13.8. The topological polar surface area (TPSA) is 58.6 Å². The molecule has 2 unspecified atom stereocenters. The first-order valence-electron chi connectivity index (χ1n) is 8.16. The van der Waals surface area contributed by atoms with Crippen LogP contribution in [0, 0.1) is 17.6 Å². The Bertz CT molecular complexity index is 794. The molecular weight excluding hydrogens is 328 g/mol. The highest BCUT2D eigenvalue weighted by atomic mass is 19.1. The quantitative estimate of drug-likeness (QED) is 0.839. The molecule has 2 aromatic carbocycles. The van der Waals surface area contributed by atoms with E-state index in [1.54, 1.807) is 18.2 Å². The van der Waals surface area contributed by atoms with Crippen LogP contribution in [0.3, 0.4) is 0 Å². The van der Waals surface area contributed by atoms with Crippen LogP contribution in [0.25, 0.3) is 0 Å². The molecule has 2 aromatic rings. The van der Waals surface area contributed by atoms with Crippen LogP contribution < -0.4 is 10.1 Å². The molecule has 2 atom stereocenters. The summed E-state index contributed by atoms with van der Waals surface area (Å²) in [7, 11) is 0. The van der Waals surface area contributed by atoms with E-state index in [0.717, 1.165) is 18.2 Å². The van der Waals surface area contributed by atoms with E-state index in [1.165, 1.54) is 0 Å². The van der Waals surface area contributed by atoms with E-state index in [0.29, 0.717) is 30.0 Å². The SMILES string of the molecule is CCOc1ccc(NC(=O)C2CC2c2cc(F)ccc2F)cc1CO. The third kappa shape index (κ3) is 3.79. The van der Waals surface area contributed by atoms with Crippen molar-refractivity contribution in [3.8, 4) is 5.75 Å². The van der Waals surface area contributed by atoms with Crippen LogP contribution in [0.5, 0.6) is 5.75 Å². The van der Waals surface area contributed by atoms with Crippen molar-refractivity contribution < 1.29 is 23.4 Å². The molecule has 132 valence electrons. The average Bonchev–Trinajstić information content (AvgIpc) is 3.39. The molecule has 3 rings (SSSR count). The van der Waals surface area contributed by atoms with Crippen molar-refractivity contribution in [3.63, 3.8) is 0 Å². The molecule has 0 heterocycles. The molecule has 4 nitrogen and oxygen atoms in total. The van der Waals surface area contributed by atoms with E-state index in [2.05, 4.69) is 5.32 Å². The number of rotatable bonds is 6. The van der Waals surface area contributed by atoms with Gasteiger partial charge in [0.15, 0.2) is 0 Å². The maximum atomic E-state index is 13.8. The molecular formula is C19H19F2NO3. The third-order valence-electron chi connectivity index (χ3n) is 4.28. The molecule has 0 radical (unpaired) electrons. The highest BCUT2D eigenvalue weighted by molar-refractivity contribution is 5.95. The standard InChI is InChI=1S/C19H19F2NO3/c1-2-25-18-6-4-13(7-11(18)10-23)22-19(24)16-9-14(16)15-8-12(20)3-5-17(15)21/h3-8,14,16,23H,2,9-10H2,1H3,(H,22,24). The van der Waals surface area contributed by atoms with Crippen LogP contribution in [0.15, 0.2) is 36.4 Å². The fraction of sp³-hybridized carbons (Fsp3) is 0.316. The summed E-state index contributed by atoms with van der Waals surface area (Å²) in [6.45, 7) is 2.11. The third-order valence-corrected chi connectivity index (χ3v) is 4.28. The summed E-state index contributed by atoms with van der Waals surface area (Å²) in [6.07, 6.45) is 0.482. The molecule has 0 aromatic heterocycles. The highest BCUT2D eigenvalue weighted by Crippen LogP contribution is 2.49. The molecule has 2 N–H and O–H groups in total. The van der Waals surface area contributed by atoms with E-state index in [9.17, 15) is 18.7 Å². The van der Waals surface area contributed by atoms with Crippen LogP contribution in [-0.2, 0) is 11.4 Å². The largest absolute Gasteiger partial charge is 0.494 e. The van der Waals surface area contributed by atoms with Gasteiger partial charge in [0, 0.05) is 17.2 Å². The molecule has 1 saturated carbocycles. The summed E-state index contributed by atoms with van der Waals surface area (Å²) >= 11 is 0. The van der Waals surface area contributed by atoms with Crippen LogP contribution >= 0.6 is 0 Å². The number of hydrogen-bond acceptors (Lipinski definition) is 3. The molecule has 1 aliphatic carbocycles. The second-order valence-electron chi connectivity index (χ2n) is 6.02. The van der Waals surface area contributed by atoms with E-state index in [1.807, 2.05) is 6.92 Å². The van der Waals surface area contributed by atoms with Crippen molar-refractivity contribution in [2.45, 2.75) is 25.9 Å². The Hall–Kier alpha value is -2.47. The minimum absolute atomic E-state index is 0.209. The lowest BCUT2D eigenvalue weighted by molar-refractivity contribution is -0.117. The van der Waals surface area contributed by atoms with Gasteiger partial charge in [-0.05, 0) is 61.2 Å². The van der Waals surface area contributed by atoms with E-state index in [-0.39, 0.29) is 29.9 Å². The fourth-order valence-electron chi connectivity index (χ4n) is 2.94. The second-order valence-corrected chi connectivity index (χ2v) is 6.02. The maximum Gasteiger partial charge on any atom is 0.228 e. The Labute approximate surface area is 144 Å². The Kier molecular flexibility index (Phi) is 4.99. The lowest BCUT2D eigenvalue weighted by Crippen LogP contribution is -2.15. The Morgan fingerprint density at radius 1 is 1.28 bits per heavy atom. The summed E-state index contributed by atoms with van der Waals surface area (Å²) in [4.78, 5) is 12.3. The molecule has 6 heteroatoms. The zero-order valence-electron chi connectivity index (χ0n) is 13.8. The van der Waals surface area contributed by atoms with Gasteiger partial charge in [-0.15, -0.1) is 0 Å². The number of carbonyl (C=O) groups is 1. The molecule has 0 aliphatic heterocycles. The predicted molar refractivity (Wildman–Crippen MR) is 89.4 cm³/mol. The number of benzene rings is 2. The van der Waals surface area contributed by atoms with Gasteiger partial charge in [0.25, 0.3) is 0 Å². The molecule has 1 amide bonds. The number of ether oxygens (including phenoxy) is 1. The van der Waals surface area contributed by atoms with Crippen molar-refractivity contribution in [1.29, 1.82) is 0 Å². The maximum absolute atomic E-state index is 13.8. The van der Waals surface area contributed by atoms with Crippen molar-refractivity contribution in [2.24, 2.45) is 5.92 Å². The molecule has 0 saturated heterocycles. The zero-order chi connectivity index (χ0) is 18.0. The summed E-state index contributed by atoms with van der Waals surface area (Å²) in [6, 6.07) is 8.30. The van der Waals surface area contributed by atoms with Crippen LogP contribution in [0.1, 0.15) is 30.4 Å². The van der Waals surface area contributed by atoms with Crippen LogP contribution in [0.2, 0.25) is 0 Å². The minimum Gasteiger partial charge on any atom is -0.494 e. The highest BCUT2D eigenvalue weighted by Gasteiger charge is 2.45. The van der Waals surface area contributed by atoms with Gasteiger partial charge in [0.05, 0.1) is 13.2 Å². The molecule has 1 aliphatic rings. The number of nitrogens with one attached hydrogen (secondary N) is 1. The first-order chi connectivity index (χ1) is 12.0. The van der Waals surface area contributed by atoms with Gasteiger partial charge in [-0.1, -0.05) is 0 Å². The number of hydrogen-bond donors (Lipinski definition) is 2. The van der Waals surface area contributed by atoms with Crippen molar-refractivity contribution in [1.82, 2.24) is 0 Å². The lowest BCUT2D eigenvalue weighted by atomic mass is 10.1. The second kappa shape index (κ2) is 7.19. The lowest BCUT2D eigenvalue weighted by Gasteiger charge is -2.11. The van der Waals surface area contributed by atoms with E-state index < -0.39 is 11.6 Å². The van der Waals surface area contributed by atoms with E-state index >= 15 is 0 Å². The van der Waals surface area contributed by atoms with Gasteiger partial charge in [-0.25, -0.2) is 8.78 Å². The van der Waals surface area contributed by atoms with Crippen molar-refractivity contribution in [2.75, 3.05) is 11.9 Å². The number of aliphatic hydroxyl groups is 1. The van der Waals surface area contributed by atoms with Gasteiger partial charge in [0.2, 0.25) is 5.91 Å². The van der Waals surface area contributed by atoms with Gasteiger partial charge in [-0.2, -0.15) is 0 Å². The summed E-state index contributed by atoms with van der Waals surface area (Å²) in [5.74, 6) is -1.39. The fourth-order valence-corrected chi connectivity index (χ4v) is 2.94. The number of halogens is 2. The monoisotopic (exact) mass is 347 g/mol. The van der Waals surface area contributed by atoms with E-state index in [4.69, 9.17) is 4.74 Å². The molecule has 0 bridgehead atoms. The number of anilines is 1. The summed E-state index contributed by atoms with van der Waals surface area (Å²) in [5.41, 5.74) is 1.34. The number of amides is 1. The molecule has 25 heavy (non-hydrogen) atoms. The number of aliphatic hydroxyl groups excluding tert-OH is 1. The van der Waals surface area contributed by atoms with Gasteiger partial charge in [0.1, 0.15) is 17.4 Å². The Morgan fingerprint density at radius 2 is 2.08 bits per heavy atom. The van der Waals surface area contributed by atoms with Crippen molar-refractivity contribution >= 4 is 11.6 Å². The molecule has 0 spiro atoms. The Morgan fingerprint density at radius 3 is 2.80 bits per heavy atom. The van der Waals surface area contributed by atoms with Gasteiger partial charge in [-0.3, -0.25) is 4.79 Å². The smallest absolute Gasteiger partial charge is 0.228 e. The number of carbonyl (C=O) groups excluding carboxylic acids is 1. The predicted octanol–water partition coefficient (Wildman–Crippen LogP) is 3.60. The van der Waals surface area contributed by atoms with Crippen LogP contribution in [-0.4, -0.2) is 17.6 Å². The summed E-state index contributed by atoms with van der Waals surface area (Å²) in [5, 5.41) is 12.2.